The zero-order valence-electron chi connectivity index (χ0n) is 17.8. The predicted octanol–water partition coefficient (Wildman–Crippen LogP) is 4.56. The van der Waals surface area contributed by atoms with Crippen LogP contribution in [0, 0.1) is 0 Å². The van der Waals surface area contributed by atoms with Crippen molar-refractivity contribution in [3.05, 3.63) is 63.5 Å². The Labute approximate surface area is 199 Å². The van der Waals surface area contributed by atoms with Crippen LogP contribution in [0.15, 0.2) is 47.4 Å². The number of hydrogen-bond donors (Lipinski definition) is 0. The number of halogens is 1. The summed E-state index contributed by atoms with van der Waals surface area (Å²) >= 11 is 6.57. The molecule has 0 unspecified atom stereocenters. The molecule has 8 nitrogen and oxygen atoms in total. The molecule has 1 aliphatic heterocycles. The molecule has 1 heterocycles. The molecular formula is C23H20ClNO7S. The average Bonchev–Trinajstić information content (AvgIpc) is 3.03. The number of rotatable bonds is 8. The lowest BCUT2D eigenvalue weighted by molar-refractivity contribution is -0.145. The van der Waals surface area contributed by atoms with E-state index < -0.39 is 29.6 Å². The van der Waals surface area contributed by atoms with Crippen LogP contribution in [0.4, 0.5) is 4.79 Å². The van der Waals surface area contributed by atoms with Crippen molar-refractivity contribution in [2.75, 3.05) is 19.8 Å². The second-order valence-corrected chi connectivity index (χ2v) is 8.04. The van der Waals surface area contributed by atoms with Crippen molar-refractivity contribution in [3.63, 3.8) is 0 Å². The third-order valence-electron chi connectivity index (χ3n) is 4.31. The number of carbonyl (C=O) groups is 4. The van der Waals surface area contributed by atoms with Gasteiger partial charge in [-0.15, -0.1) is 0 Å². The number of carbonyl (C=O) groups excluding carboxylic acids is 4. The van der Waals surface area contributed by atoms with Crippen molar-refractivity contribution in [3.8, 4) is 11.5 Å². The van der Waals surface area contributed by atoms with Crippen LogP contribution in [0.3, 0.4) is 0 Å². The summed E-state index contributed by atoms with van der Waals surface area (Å²) in [5, 5.41) is -0.0598. The minimum absolute atomic E-state index is 0.151. The predicted molar refractivity (Wildman–Crippen MR) is 123 cm³/mol. The van der Waals surface area contributed by atoms with E-state index in [-0.39, 0.29) is 17.3 Å². The van der Waals surface area contributed by atoms with Crippen LogP contribution in [-0.4, -0.2) is 47.7 Å². The molecular weight excluding hydrogens is 470 g/mol. The highest BCUT2D eigenvalue weighted by Crippen LogP contribution is 2.35. The minimum Gasteiger partial charge on any atom is -0.490 e. The molecule has 0 saturated carbocycles. The van der Waals surface area contributed by atoms with Gasteiger partial charge >= 0.3 is 11.9 Å². The van der Waals surface area contributed by atoms with Gasteiger partial charge in [0.25, 0.3) is 11.1 Å². The fraction of sp³-hybridized carbons (Fsp3) is 0.217. The number of ether oxygens (including phenoxy) is 3. The highest BCUT2D eigenvalue weighted by Gasteiger charge is 2.36. The summed E-state index contributed by atoms with van der Waals surface area (Å²) in [7, 11) is 0. The van der Waals surface area contributed by atoms with Gasteiger partial charge in [0.2, 0.25) is 0 Å². The molecule has 1 aliphatic rings. The SMILES string of the molecule is CCOC(=O)CN1C(=O)S/C(=C\c2ccc(OC(=O)c3ccc(Cl)cc3)c(OCC)c2)C1=O. The van der Waals surface area contributed by atoms with E-state index in [1.165, 1.54) is 12.1 Å². The number of amides is 2. The van der Waals surface area contributed by atoms with Gasteiger partial charge < -0.3 is 14.2 Å². The Kier molecular flexibility index (Phi) is 8.13. The topological polar surface area (TPSA) is 99.2 Å². The van der Waals surface area contributed by atoms with Gasteiger partial charge in [-0.25, -0.2) is 4.79 Å². The summed E-state index contributed by atoms with van der Waals surface area (Å²) in [6, 6.07) is 11.0. The zero-order valence-corrected chi connectivity index (χ0v) is 19.4. The number of nitrogens with zero attached hydrogens (tertiary/aromatic N) is 1. The van der Waals surface area contributed by atoms with Crippen LogP contribution in [0.5, 0.6) is 11.5 Å². The van der Waals surface area contributed by atoms with Crippen molar-refractivity contribution in [2.24, 2.45) is 0 Å². The summed E-state index contributed by atoms with van der Waals surface area (Å²) in [5.41, 5.74) is 0.868. The van der Waals surface area contributed by atoms with Gasteiger partial charge in [-0.1, -0.05) is 17.7 Å². The Hall–Kier alpha value is -3.30. The molecule has 0 atom stereocenters. The van der Waals surface area contributed by atoms with E-state index in [0.717, 1.165) is 16.7 Å². The summed E-state index contributed by atoms with van der Waals surface area (Å²) < 4.78 is 15.8. The fourth-order valence-electron chi connectivity index (χ4n) is 2.84. The molecule has 0 aliphatic carbocycles. The second-order valence-electron chi connectivity index (χ2n) is 6.61. The second kappa shape index (κ2) is 11.0. The first-order chi connectivity index (χ1) is 15.8. The van der Waals surface area contributed by atoms with Crippen LogP contribution in [0.2, 0.25) is 5.02 Å². The molecule has 0 N–H and O–H groups in total. The Morgan fingerprint density at radius 3 is 2.42 bits per heavy atom. The van der Waals surface area contributed by atoms with Gasteiger partial charge in [0.15, 0.2) is 11.5 Å². The van der Waals surface area contributed by atoms with E-state index in [1.807, 2.05) is 0 Å². The molecule has 0 bridgehead atoms. The summed E-state index contributed by atoms with van der Waals surface area (Å²) in [6.07, 6.45) is 1.50. The van der Waals surface area contributed by atoms with Crippen LogP contribution < -0.4 is 9.47 Å². The van der Waals surface area contributed by atoms with Crippen LogP contribution in [0.1, 0.15) is 29.8 Å². The molecule has 2 aromatic carbocycles. The molecule has 2 amide bonds. The molecule has 0 radical (unpaired) electrons. The van der Waals surface area contributed by atoms with Crippen molar-refractivity contribution >= 4 is 52.5 Å². The molecule has 0 spiro atoms. The molecule has 172 valence electrons. The smallest absolute Gasteiger partial charge is 0.343 e. The first kappa shape index (κ1) is 24.3. The van der Waals surface area contributed by atoms with E-state index in [2.05, 4.69) is 0 Å². The maximum absolute atomic E-state index is 12.6. The highest BCUT2D eigenvalue weighted by molar-refractivity contribution is 8.18. The molecule has 33 heavy (non-hydrogen) atoms. The monoisotopic (exact) mass is 489 g/mol. The lowest BCUT2D eigenvalue weighted by atomic mass is 10.1. The zero-order chi connectivity index (χ0) is 24.0. The molecule has 1 saturated heterocycles. The minimum atomic E-state index is -0.661. The standard InChI is InChI=1S/C23H20ClNO7S/c1-3-30-18-11-14(5-10-17(18)32-22(28)15-6-8-16(24)9-7-15)12-19-21(27)25(23(29)33-19)13-20(26)31-4-2/h5-12H,3-4,13H2,1-2H3/b19-12-. The number of hydrogen-bond acceptors (Lipinski definition) is 8. The van der Waals surface area contributed by atoms with E-state index >= 15 is 0 Å². The summed E-state index contributed by atoms with van der Waals surface area (Å²) in [5.74, 6) is -1.34. The van der Waals surface area contributed by atoms with E-state index in [4.69, 9.17) is 25.8 Å². The Morgan fingerprint density at radius 1 is 1.03 bits per heavy atom. The molecule has 10 heteroatoms. The first-order valence-corrected chi connectivity index (χ1v) is 11.2. The Balaban J connectivity index is 1.79. The van der Waals surface area contributed by atoms with Gasteiger partial charge in [-0.05, 0) is 73.6 Å². The molecule has 1 fully saturated rings. The van der Waals surface area contributed by atoms with Crippen molar-refractivity contribution in [2.45, 2.75) is 13.8 Å². The number of thioether (sulfide) groups is 1. The third-order valence-corrected chi connectivity index (χ3v) is 5.47. The molecule has 2 aromatic rings. The van der Waals surface area contributed by atoms with Gasteiger partial charge in [0, 0.05) is 5.02 Å². The van der Waals surface area contributed by atoms with E-state index in [1.54, 1.807) is 50.2 Å². The lowest BCUT2D eigenvalue weighted by Crippen LogP contribution is -2.34. The van der Waals surface area contributed by atoms with E-state index in [0.29, 0.717) is 28.5 Å². The van der Waals surface area contributed by atoms with Gasteiger partial charge in [0.05, 0.1) is 23.7 Å². The van der Waals surface area contributed by atoms with Crippen LogP contribution >= 0.6 is 23.4 Å². The first-order valence-electron chi connectivity index (χ1n) is 9.98. The van der Waals surface area contributed by atoms with E-state index in [9.17, 15) is 19.2 Å². The van der Waals surface area contributed by atoms with Crippen LogP contribution in [-0.2, 0) is 14.3 Å². The Bertz CT molecular complexity index is 1110. The van der Waals surface area contributed by atoms with Gasteiger partial charge in [-0.3, -0.25) is 19.3 Å². The largest absolute Gasteiger partial charge is 0.490 e. The quantitative estimate of drug-likeness (QED) is 0.302. The fourth-order valence-corrected chi connectivity index (χ4v) is 3.80. The number of esters is 2. The van der Waals surface area contributed by atoms with Crippen molar-refractivity contribution in [1.82, 2.24) is 4.90 Å². The van der Waals surface area contributed by atoms with Gasteiger partial charge in [-0.2, -0.15) is 0 Å². The maximum atomic E-state index is 12.6. The summed E-state index contributed by atoms with van der Waals surface area (Å²) in [4.78, 5) is 49.8. The number of imide groups is 1. The highest BCUT2D eigenvalue weighted by atomic mass is 35.5. The number of benzene rings is 2. The van der Waals surface area contributed by atoms with Crippen LogP contribution in [0.25, 0.3) is 6.08 Å². The maximum Gasteiger partial charge on any atom is 0.343 e. The van der Waals surface area contributed by atoms with Crippen molar-refractivity contribution in [1.29, 1.82) is 0 Å². The summed E-state index contributed by atoms with van der Waals surface area (Å²) in [6.45, 7) is 3.43. The normalized spacial score (nSPS) is 14.5. The average molecular weight is 490 g/mol. The van der Waals surface area contributed by atoms with Gasteiger partial charge in [0.1, 0.15) is 6.54 Å². The molecule has 0 aromatic heterocycles. The lowest BCUT2D eigenvalue weighted by Gasteiger charge is -2.12. The molecule has 3 rings (SSSR count). The Morgan fingerprint density at radius 2 is 1.76 bits per heavy atom. The third kappa shape index (κ3) is 6.15. The van der Waals surface area contributed by atoms with Crippen molar-refractivity contribution < 1.29 is 33.4 Å².